The molecule has 0 aliphatic heterocycles. The lowest BCUT2D eigenvalue weighted by Gasteiger charge is -2.39. The number of carbonyl (C=O) groups excluding carboxylic acids is 2. The number of hydrogen-bond acceptors (Lipinski definition) is 4. The first kappa shape index (κ1) is 23.3. The normalized spacial score (nSPS) is 12.5. The summed E-state index contributed by atoms with van der Waals surface area (Å²) < 4.78 is 5.24. The number of aryl methyl sites for hydroxylation is 2. The van der Waals surface area contributed by atoms with Gasteiger partial charge in [0.05, 0.1) is 12.8 Å². The minimum atomic E-state index is -1.48. The van der Waals surface area contributed by atoms with Crippen LogP contribution < -0.4 is 15.0 Å². The molecule has 166 valence electrons. The first-order valence-corrected chi connectivity index (χ1v) is 10.7. The third-order valence-electron chi connectivity index (χ3n) is 5.47. The second-order valence-corrected chi connectivity index (χ2v) is 7.84. The van der Waals surface area contributed by atoms with Gasteiger partial charge in [0, 0.05) is 17.6 Å². The van der Waals surface area contributed by atoms with Crippen LogP contribution in [0.3, 0.4) is 0 Å². The van der Waals surface area contributed by atoms with Crippen molar-refractivity contribution in [2.75, 3.05) is 23.2 Å². The molecule has 1 aromatic heterocycles. The number of anilines is 2. The Morgan fingerprint density at radius 3 is 2.22 bits per heavy atom. The molecule has 2 amide bonds. The number of alkyl halides is 1. The Kier molecular flexibility index (Phi) is 7.15. The van der Waals surface area contributed by atoms with Crippen molar-refractivity contribution in [3.8, 4) is 5.75 Å². The van der Waals surface area contributed by atoms with Gasteiger partial charge in [-0.2, -0.15) is 0 Å². The van der Waals surface area contributed by atoms with Crippen LogP contribution >= 0.6 is 11.6 Å². The molecule has 0 aliphatic carbocycles. The van der Waals surface area contributed by atoms with Gasteiger partial charge >= 0.3 is 0 Å². The van der Waals surface area contributed by atoms with E-state index < -0.39 is 17.4 Å². The molecule has 1 heterocycles. The fourth-order valence-electron chi connectivity index (χ4n) is 3.67. The van der Waals surface area contributed by atoms with Crippen LogP contribution in [-0.4, -0.2) is 29.8 Å². The van der Waals surface area contributed by atoms with Gasteiger partial charge in [0.25, 0.3) is 5.91 Å². The van der Waals surface area contributed by atoms with Gasteiger partial charge < -0.3 is 10.1 Å². The van der Waals surface area contributed by atoms with E-state index >= 15 is 0 Å². The van der Waals surface area contributed by atoms with E-state index in [1.54, 1.807) is 62.7 Å². The lowest BCUT2D eigenvalue weighted by atomic mass is 9.91. The van der Waals surface area contributed by atoms with E-state index in [2.05, 4.69) is 10.3 Å². The first-order chi connectivity index (χ1) is 15.3. The van der Waals surface area contributed by atoms with Gasteiger partial charge in [-0.15, -0.1) is 11.6 Å². The topological polar surface area (TPSA) is 71.5 Å². The van der Waals surface area contributed by atoms with Crippen molar-refractivity contribution in [1.82, 2.24) is 4.98 Å². The predicted molar refractivity (Wildman–Crippen MR) is 127 cm³/mol. The Hall–Kier alpha value is -3.38. The molecule has 0 bridgehead atoms. The lowest BCUT2D eigenvalue weighted by Crippen LogP contribution is -2.56. The molecule has 0 fully saturated rings. The number of benzene rings is 2. The van der Waals surface area contributed by atoms with Crippen LogP contribution in [0.2, 0.25) is 0 Å². The number of aromatic nitrogens is 1. The number of rotatable bonds is 7. The summed E-state index contributed by atoms with van der Waals surface area (Å²) >= 11 is 6.00. The number of ether oxygens (including phenoxy) is 1. The number of amides is 2. The van der Waals surface area contributed by atoms with Crippen LogP contribution in [-0.2, 0) is 15.1 Å². The van der Waals surface area contributed by atoms with E-state index in [1.807, 2.05) is 32.0 Å². The third-order valence-corrected chi connectivity index (χ3v) is 5.70. The van der Waals surface area contributed by atoms with Gasteiger partial charge in [-0.25, -0.2) is 0 Å². The third kappa shape index (κ3) is 4.46. The maximum absolute atomic E-state index is 13.9. The summed E-state index contributed by atoms with van der Waals surface area (Å²) in [5.41, 5.74) is 1.98. The second kappa shape index (κ2) is 9.83. The molecular weight excluding hydrogens is 426 g/mol. The zero-order chi connectivity index (χ0) is 23.3. The van der Waals surface area contributed by atoms with Crippen molar-refractivity contribution in [3.63, 3.8) is 0 Å². The van der Waals surface area contributed by atoms with Crippen molar-refractivity contribution in [2.45, 2.75) is 26.3 Å². The molecule has 0 saturated heterocycles. The Balaban J connectivity index is 2.18. The Bertz CT molecular complexity index is 1080. The predicted octanol–water partition coefficient (Wildman–Crippen LogP) is 4.83. The second-order valence-electron chi connectivity index (χ2n) is 7.57. The number of halogens is 1. The van der Waals surface area contributed by atoms with Crippen molar-refractivity contribution in [3.05, 3.63) is 83.7 Å². The summed E-state index contributed by atoms with van der Waals surface area (Å²) in [6, 6.07) is 17.9. The molecule has 3 rings (SSSR count). The Morgan fingerprint density at radius 2 is 1.69 bits per heavy atom. The fourth-order valence-corrected chi connectivity index (χ4v) is 3.79. The zero-order valence-corrected chi connectivity index (χ0v) is 19.3. The van der Waals surface area contributed by atoms with E-state index in [-0.39, 0.29) is 5.88 Å². The van der Waals surface area contributed by atoms with Crippen molar-refractivity contribution in [1.29, 1.82) is 0 Å². The standard InChI is InChI=1S/C25H26ClN3O3/c1-17-8-7-9-18(2)23(17)28-24(31)25(3,21-10-5-6-15-27-21)29(22(30)16-26)19-11-13-20(32-4)14-12-19/h5-15H,16H2,1-4H3,(H,28,31)/t25-/m0/s1. The minimum Gasteiger partial charge on any atom is -0.497 e. The Labute approximate surface area is 193 Å². The molecule has 0 unspecified atom stereocenters. The van der Waals surface area contributed by atoms with Crippen LogP contribution in [0.5, 0.6) is 5.75 Å². The monoisotopic (exact) mass is 451 g/mol. The van der Waals surface area contributed by atoms with Crippen LogP contribution in [0.4, 0.5) is 11.4 Å². The highest BCUT2D eigenvalue weighted by Gasteiger charge is 2.46. The van der Waals surface area contributed by atoms with Crippen LogP contribution in [0, 0.1) is 13.8 Å². The summed E-state index contributed by atoms with van der Waals surface area (Å²) in [6.45, 7) is 5.52. The summed E-state index contributed by atoms with van der Waals surface area (Å²) in [5.74, 6) is -0.499. The van der Waals surface area contributed by atoms with E-state index in [0.717, 1.165) is 11.1 Å². The summed E-state index contributed by atoms with van der Waals surface area (Å²) in [7, 11) is 1.56. The molecule has 0 saturated carbocycles. The van der Waals surface area contributed by atoms with Gasteiger partial charge in [-0.3, -0.25) is 19.5 Å². The van der Waals surface area contributed by atoms with Crippen LogP contribution in [0.1, 0.15) is 23.7 Å². The minimum absolute atomic E-state index is 0.300. The van der Waals surface area contributed by atoms with E-state index in [1.165, 1.54) is 4.90 Å². The van der Waals surface area contributed by atoms with Crippen LogP contribution in [0.25, 0.3) is 0 Å². The van der Waals surface area contributed by atoms with Crippen molar-refractivity contribution in [2.24, 2.45) is 0 Å². The van der Waals surface area contributed by atoms with Gasteiger partial charge in [-0.05, 0) is 68.3 Å². The molecular formula is C25H26ClN3O3. The SMILES string of the molecule is COc1ccc(N(C(=O)CCl)[C@](C)(C(=O)Nc2c(C)cccc2C)c2ccccn2)cc1. The highest BCUT2D eigenvalue weighted by Crippen LogP contribution is 2.35. The molecule has 3 aromatic rings. The van der Waals surface area contributed by atoms with Gasteiger partial charge in [0.1, 0.15) is 11.6 Å². The number of methoxy groups -OCH3 is 1. The van der Waals surface area contributed by atoms with Crippen LogP contribution in [0.15, 0.2) is 66.9 Å². The fraction of sp³-hybridized carbons (Fsp3) is 0.240. The number of pyridine rings is 1. The smallest absolute Gasteiger partial charge is 0.256 e. The molecule has 0 radical (unpaired) electrons. The Morgan fingerprint density at radius 1 is 1.03 bits per heavy atom. The largest absolute Gasteiger partial charge is 0.497 e. The van der Waals surface area contributed by atoms with Gasteiger partial charge in [0.2, 0.25) is 5.91 Å². The van der Waals surface area contributed by atoms with Crippen molar-refractivity contribution >= 4 is 34.8 Å². The maximum Gasteiger partial charge on any atom is 0.256 e. The van der Waals surface area contributed by atoms with Gasteiger partial charge in [0.15, 0.2) is 5.54 Å². The number of nitrogens with one attached hydrogen (secondary N) is 1. The molecule has 1 atom stereocenters. The highest BCUT2D eigenvalue weighted by molar-refractivity contribution is 6.30. The molecule has 0 aliphatic rings. The molecule has 6 nitrogen and oxygen atoms in total. The lowest BCUT2D eigenvalue weighted by molar-refractivity contribution is -0.126. The molecule has 0 spiro atoms. The van der Waals surface area contributed by atoms with E-state index in [0.29, 0.717) is 22.8 Å². The number of hydrogen-bond donors (Lipinski definition) is 1. The average Bonchev–Trinajstić information content (AvgIpc) is 2.82. The quantitative estimate of drug-likeness (QED) is 0.522. The van der Waals surface area contributed by atoms with E-state index in [4.69, 9.17) is 16.3 Å². The molecule has 32 heavy (non-hydrogen) atoms. The molecule has 2 aromatic carbocycles. The summed E-state index contributed by atoms with van der Waals surface area (Å²) in [4.78, 5) is 32.8. The number of para-hydroxylation sites is 1. The highest BCUT2D eigenvalue weighted by atomic mass is 35.5. The number of nitrogens with zero attached hydrogens (tertiary/aromatic N) is 2. The van der Waals surface area contributed by atoms with E-state index in [9.17, 15) is 9.59 Å². The maximum atomic E-state index is 13.9. The van der Waals surface area contributed by atoms with Gasteiger partial charge in [-0.1, -0.05) is 24.3 Å². The number of carbonyl (C=O) groups is 2. The molecule has 1 N–H and O–H groups in total. The zero-order valence-electron chi connectivity index (χ0n) is 18.6. The van der Waals surface area contributed by atoms with Crippen molar-refractivity contribution < 1.29 is 14.3 Å². The first-order valence-electron chi connectivity index (χ1n) is 10.1. The summed E-state index contributed by atoms with van der Waals surface area (Å²) in [5, 5.41) is 3.03. The summed E-state index contributed by atoms with van der Waals surface area (Å²) in [6.07, 6.45) is 1.59. The molecule has 7 heteroatoms. The average molecular weight is 452 g/mol.